The number of nitrogens with one attached hydrogen (secondary N) is 2. The zero-order chi connectivity index (χ0) is 27.9. The SMILES string of the molecule is CC(C)[C@H](NC(=O)OCC(C)(C)CCCCc1cccc2c1CN(C(=O)OC1CN[C@H](C=O)C1)C2)C(=O)O. The molecular formula is C28H41N3O7. The first-order valence-electron chi connectivity index (χ1n) is 13.4. The summed E-state index contributed by atoms with van der Waals surface area (Å²) in [5.74, 6) is -1.33. The van der Waals surface area contributed by atoms with Gasteiger partial charge in [0.1, 0.15) is 18.4 Å². The van der Waals surface area contributed by atoms with Crippen LogP contribution in [0, 0.1) is 11.3 Å². The fourth-order valence-corrected chi connectivity index (χ4v) is 4.93. The van der Waals surface area contributed by atoms with Crippen molar-refractivity contribution in [3.8, 4) is 0 Å². The lowest BCUT2D eigenvalue weighted by Gasteiger charge is -2.25. The highest BCUT2D eigenvalue weighted by Crippen LogP contribution is 2.29. The van der Waals surface area contributed by atoms with E-state index in [0.29, 0.717) is 26.1 Å². The summed E-state index contributed by atoms with van der Waals surface area (Å²) in [5.41, 5.74) is 3.29. The van der Waals surface area contributed by atoms with Gasteiger partial charge in [0.2, 0.25) is 0 Å². The number of carboxylic acids is 1. The first kappa shape index (κ1) is 29.4. The highest BCUT2D eigenvalue weighted by Gasteiger charge is 2.31. The van der Waals surface area contributed by atoms with Gasteiger partial charge in [0.25, 0.3) is 0 Å². The Morgan fingerprint density at radius 2 is 2.00 bits per heavy atom. The number of aliphatic carboxylic acids is 1. The molecule has 2 heterocycles. The molecule has 1 unspecified atom stereocenters. The zero-order valence-electron chi connectivity index (χ0n) is 22.8. The van der Waals surface area contributed by atoms with Gasteiger partial charge >= 0.3 is 18.2 Å². The minimum Gasteiger partial charge on any atom is -0.480 e. The molecule has 0 aromatic heterocycles. The van der Waals surface area contributed by atoms with Crippen molar-refractivity contribution in [1.29, 1.82) is 0 Å². The van der Waals surface area contributed by atoms with Gasteiger partial charge in [0.05, 0.1) is 12.6 Å². The summed E-state index contributed by atoms with van der Waals surface area (Å²) in [7, 11) is 0. The lowest BCUT2D eigenvalue weighted by Crippen LogP contribution is -2.45. The average Bonchev–Trinajstić information content (AvgIpc) is 3.51. The lowest BCUT2D eigenvalue weighted by molar-refractivity contribution is -0.140. The molecule has 3 rings (SSSR count). The predicted molar refractivity (Wildman–Crippen MR) is 141 cm³/mol. The number of alkyl carbamates (subject to hydrolysis) is 1. The summed E-state index contributed by atoms with van der Waals surface area (Å²) in [6.45, 7) is 9.24. The number of nitrogens with zero attached hydrogens (tertiary/aromatic N) is 1. The molecule has 10 nitrogen and oxygen atoms in total. The van der Waals surface area contributed by atoms with E-state index >= 15 is 0 Å². The van der Waals surface area contributed by atoms with Gasteiger partial charge in [-0.15, -0.1) is 0 Å². The fourth-order valence-electron chi connectivity index (χ4n) is 4.93. The number of hydrogen-bond donors (Lipinski definition) is 3. The number of carboxylic acid groups (broad SMARTS) is 1. The third-order valence-electron chi connectivity index (χ3n) is 7.24. The van der Waals surface area contributed by atoms with E-state index < -0.39 is 18.1 Å². The Morgan fingerprint density at radius 1 is 1.24 bits per heavy atom. The summed E-state index contributed by atoms with van der Waals surface area (Å²) in [6, 6.07) is 4.95. The second kappa shape index (κ2) is 13.1. The van der Waals surface area contributed by atoms with Crippen molar-refractivity contribution < 1.29 is 33.8 Å². The quantitative estimate of drug-likeness (QED) is 0.275. The van der Waals surface area contributed by atoms with Crippen LogP contribution in [0.3, 0.4) is 0 Å². The molecule has 1 saturated heterocycles. The Balaban J connectivity index is 1.42. The van der Waals surface area contributed by atoms with Crippen LogP contribution in [0.25, 0.3) is 0 Å². The molecule has 10 heteroatoms. The van der Waals surface area contributed by atoms with Gasteiger partial charge in [0, 0.05) is 26.1 Å². The summed E-state index contributed by atoms with van der Waals surface area (Å²) in [4.78, 5) is 48.7. The Hall–Kier alpha value is -3.14. The second-order valence-electron chi connectivity index (χ2n) is 11.5. The number of aldehydes is 1. The summed E-state index contributed by atoms with van der Waals surface area (Å²) < 4.78 is 10.9. The van der Waals surface area contributed by atoms with Crippen molar-refractivity contribution in [3.05, 3.63) is 34.9 Å². The van der Waals surface area contributed by atoms with Crippen molar-refractivity contribution in [2.24, 2.45) is 11.3 Å². The Morgan fingerprint density at radius 3 is 2.66 bits per heavy atom. The summed E-state index contributed by atoms with van der Waals surface area (Å²) in [5, 5.41) is 14.7. The van der Waals surface area contributed by atoms with Crippen LogP contribution in [0.1, 0.15) is 70.1 Å². The van der Waals surface area contributed by atoms with Crippen LogP contribution in [-0.2, 0) is 38.6 Å². The molecular weight excluding hydrogens is 490 g/mol. The molecule has 0 saturated carbocycles. The number of rotatable bonds is 12. The van der Waals surface area contributed by atoms with Gasteiger partial charge < -0.3 is 30.0 Å². The molecule has 2 aliphatic rings. The highest BCUT2D eigenvalue weighted by atomic mass is 16.6. The molecule has 0 aliphatic carbocycles. The largest absolute Gasteiger partial charge is 0.480 e. The highest BCUT2D eigenvalue weighted by molar-refractivity contribution is 5.80. The van der Waals surface area contributed by atoms with Crippen molar-refractivity contribution >= 4 is 24.4 Å². The van der Waals surface area contributed by atoms with Crippen molar-refractivity contribution in [2.75, 3.05) is 13.2 Å². The standard InChI is InChI=1S/C28H41N3O7/c1-18(2)24(25(33)34)30-26(35)37-17-28(3,4)11-6-5-8-19-9-7-10-20-14-31(15-23(19)20)27(36)38-22-12-21(16-32)29-13-22/h7,9-10,16,18,21-22,24,29H,5-6,8,11-15,17H2,1-4H3,(H,30,35)(H,33,34)/t21-,22?,24-/m0/s1. The summed E-state index contributed by atoms with van der Waals surface area (Å²) >= 11 is 0. The number of carbonyl (C=O) groups excluding carboxylic acids is 3. The smallest absolute Gasteiger partial charge is 0.410 e. The first-order chi connectivity index (χ1) is 18.0. The number of fused-ring (bicyclic) bond motifs is 1. The van der Waals surface area contributed by atoms with E-state index in [0.717, 1.165) is 37.5 Å². The average molecular weight is 532 g/mol. The maximum atomic E-state index is 12.7. The monoisotopic (exact) mass is 531 g/mol. The van der Waals surface area contributed by atoms with Gasteiger partial charge in [-0.1, -0.05) is 52.3 Å². The minimum atomic E-state index is -1.08. The fraction of sp³-hybridized carbons (Fsp3) is 0.643. The first-order valence-corrected chi connectivity index (χ1v) is 13.4. The Labute approximate surface area is 224 Å². The number of benzene rings is 1. The van der Waals surface area contributed by atoms with E-state index in [1.54, 1.807) is 18.7 Å². The van der Waals surface area contributed by atoms with Gasteiger partial charge in [-0.3, -0.25) is 4.90 Å². The van der Waals surface area contributed by atoms with E-state index in [2.05, 4.69) is 16.7 Å². The van der Waals surface area contributed by atoms with Crippen LogP contribution < -0.4 is 10.6 Å². The molecule has 210 valence electrons. The molecule has 2 aliphatic heterocycles. The van der Waals surface area contributed by atoms with Gasteiger partial charge in [-0.2, -0.15) is 0 Å². The zero-order valence-corrected chi connectivity index (χ0v) is 22.8. The number of aryl methyl sites for hydroxylation is 1. The van der Waals surface area contributed by atoms with Crippen molar-refractivity contribution in [2.45, 2.75) is 91.1 Å². The third kappa shape index (κ3) is 8.18. The number of ether oxygens (including phenoxy) is 2. The molecule has 0 spiro atoms. The van der Waals surface area contributed by atoms with Crippen LogP contribution >= 0.6 is 0 Å². The molecule has 1 aromatic carbocycles. The molecule has 3 N–H and O–H groups in total. The third-order valence-corrected chi connectivity index (χ3v) is 7.24. The number of carbonyl (C=O) groups is 4. The molecule has 38 heavy (non-hydrogen) atoms. The van der Waals surface area contributed by atoms with Crippen LogP contribution in [0.15, 0.2) is 18.2 Å². The predicted octanol–water partition coefficient (Wildman–Crippen LogP) is 3.64. The molecule has 1 aromatic rings. The minimum absolute atomic E-state index is 0.200. The van der Waals surface area contributed by atoms with E-state index in [9.17, 15) is 24.3 Å². The number of amides is 2. The lowest BCUT2D eigenvalue weighted by atomic mass is 9.87. The Kier molecular flexibility index (Phi) is 10.1. The Bertz CT molecular complexity index is 1010. The van der Waals surface area contributed by atoms with Crippen molar-refractivity contribution in [1.82, 2.24) is 15.5 Å². The normalized spacial score (nSPS) is 19.7. The molecule has 1 fully saturated rings. The van der Waals surface area contributed by atoms with E-state index in [4.69, 9.17) is 9.47 Å². The van der Waals surface area contributed by atoms with Gasteiger partial charge in [-0.05, 0) is 47.3 Å². The molecule has 2 amide bonds. The second-order valence-corrected chi connectivity index (χ2v) is 11.5. The summed E-state index contributed by atoms with van der Waals surface area (Å²) in [6.07, 6.45) is 3.62. The van der Waals surface area contributed by atoms with Crippen molar-refractivity contribution in [3.63, 3.8) is 0 Å². The number of unbranched alkanes of at least 4 members (excludes halogenated alkanes) is 1. The number of hydrogen-bond acceptors (Lipinski definition) is 7. The van der Waals surface area contributed by atoms with E-state index in [1.165, 1.54) is 11.1 Å². The maximum absolute atomic E-state index is 12.7. The topological polar surface area (TPSA) is 134 Å². The van der Waals surface area contributed by atoms with Gasteiger partial charge in [-0.25, -0.2) is 14.4 Å². The van der Waals surface area contributed by atoms with Crippen LogP contribution in [0.2, 0.25) is 0 Å². The van der Waals surface area contributed by atoms with Crippen LogP contribution in [0.4, 0.5) is 9.59 Å². The van der Waals surface area contributed by atoms with E-state index in [-0.39, 0.29) is 36.2 Å². The molecule has 3 atom stereocenters. The van der Waals surface area contributed by atoms with Crippen LogP contribution in [0.5, 0.6) is 0 Å². The van der Waals surface area contributed by atoms with Crippen LogP contribution in [-0.4, -0.2) is 65.8 Å². The molecule has 0 bridgehead atoms. The molecule has 0 radical (unpaired) electrons. The van der Waals surface area contributed by atoms with E-state index in [1.807, 2.05) is 26.0 Å². The maximum Gasteiger partial charge on any atom is 0.410 e. The van der Waals surface area contributed by atoms with Gasteiger partial charge in [0.15, 0.2) is 0 Å².